The molecule has 0 aromatic heterocycles. The predicted molar refractivity (Wildman–Crippen MR) is 76.3 cm³/mol. The summed E-state index contributed by atoms with van der Waals surface area (Å²) in [7, 11) is 0. The summed E-state index contributed by atoms with van der Waals surface area (Å²) in [6.07, 6.45) is 1.07. The average Bonchev–Trinajstić information content (AvgIpc) is 2.34. The molecule has 0 atom stereocenters. The Kier molecular flexibility index (Phi) is 6.03. The Morgan fingerprint density at radius 1 is 1.25 bits per heavy atom. The van der Waals surface area contributed by atoms with Gasteiger partial charge in [-0.05, 0) is 51.3 Å². The highest BCUT2D eigenvalue weighted by atomic mass is 16.6. The Hall–Kier alpha value is -2.04. The summed E-state index contributed by atoms with van der Waals surface area (Å²) >= 11 is 0. The fourth-order valence-corrected chi connectivity index (χ4v) is 1.57. The monoisotopic (exact) mass is 278 g/mol. The average molecular weight is 278 g/mol. The molecule has 1 N–H and O–H groups in total. The zero-order valence-corrected chi connectivity index (χ0v) is 12.1. The molecular formula is C15H20NO4. The van der Waals surface area contributed by atoms with Gasteiger partial charge in [-0.1, -0.05) is 12.1 Å². The van der Waals surface area contributed by atoms with Crippen LogP contribution in [0.1, 0.15) is 32.8 Å². The van der Waals surface area contributed by atoms with E-state index >= 15 is 0 Å². The first-order chi connectivity index (χ1) is 9.40. The van der Waals surface area contributed by atoms with Crippen LogP contribution in [-0.2, 0) is 20.7 Å². The fraction of sp³-hybridized carbons (Fsp3) is 0.467. The molecule has 0 fully saturated rings. The van der Waals surface area contributed by atoms with E-state index in [1.54, 1.807) is 0 Å². The highest BCUT2D eigenvalue weighted by Crippen LogP contribution is 2.13. The van der Waals surface area contributed by atoms with Gasteiger partial charge in [0.15, 0.2) is 0 Å². The number of aryl methyl sites for hydroxylation is 1. The maximum Gasteiger partial charge on any atom is 0.417 e. The first-order valence-electron chi connectivity index (χ1n) is 6.48. The van der Waals surface area contributed by atoms with Crippen LogP contribution in [0.3, 0.4) is 0 Å². The summed E-state index contributed by atoms with van der Waals surface area (Å²) in [5.41, 5.74) is 1.27. The topological polar surface area (TPSA) is 64.6 Å². The molecule has 1 rings (SSSR count). The standard InChI is InChI=1S/C15H20NO4/c1-15(2,3)20-14(18)16-13-8-6-12(7-9-13)5-4-10-19-11-17/h6-9H,4-5,10H2,1-3H3,(H,16,18). The van der Waals surface area contributed by atoms with Crippen LogP contribution in [0.5, 0.6) is 0 Å². The van der Waals surface area contributed by atoms with Gasteiger partial charge in [0, 0.05) is 5.69 Å². The molecule has 0 aliphatic heterocycles. The van der Waals surface area contributed by atoms with E-state index in [-0.39, 0.29) is 0 Å². The van der Waals surface area contributed by atoms with Crippen LogP contribution in [0.25, 0.3) is 0 Å². The van der Waals surface area contributed by atoms with Crippen molar-refractivity contribution in [2.24, 2.45) is 0 Å². The Bertz CT molecular complexity index is 434. The van der Waals surface area contributed by atoms with Crippen LogP contribution in [0, 0.1) is 0 Å². The molecule has 1 aromatic rings. The molecule has 0 unspecified atom stereocenters. The van der Waals surface area contributed by atoms with Crippen molar-refractivity contribution in [3.8, 4) is 0 Å². The van der Waals surface area contributed by atoms with Crippen molar-refractivity contribution < 1.29 is 19.1 Å². The number of amides is 1. The van der Waals surface area contributed by atoms with E-state index in [0.29, 0.717) is 12.3 Å². The second-order valence-electron chi connectivity index (χ2n) is 5.36. The molecule has 0 saturated heterocycles. The van der Waals surface area contributed by atoms with Crippen LogP contribution < -0.4 is 5.32 Å². The minimum absolute atomic E-state index is 0.363. The molecule has 109 valence electrons. The number of nitrogens with one attached hydrogen (secondary N) is 1. The normalized spacial score (nSPS) is 10.8. The number of hydrogen-bond acceptors (Lipinski definition) is 4. The van der Waals surface area contributed by atoms with Crippen LogP contribution in [0.15, 0.2) is 24.3 Å². The number of anilines is 1. The molecule has 5 heteroatoms. The largest absolute Gasteiger partial charge is 0.457 e. The number of ether oxygens (including phenoxy) is 2. The predicted octanol–water partition coefficient (Wildman–Crippen LogP) is 3.05. The third-order valence-electron chi connectivity index (χ3n) is 2.37. The number of rotatable bonds is 6. The van der Waals surface area contributed by atoms with Crippen LogP contribution in [0.4, 0.5) is 10.5 Å². The zero-order valence-electron chi connectivity index (χ0n) is 12.1. The van der Waals surface area contributed by atoms with E-state index in [1.165, 1.54) is 6.47 Å². The lowest BCUT2D eigenvalue weighted by molar-refractivity contribution is 0.0636. The van der Waals surface area contributed by atoms with Gasteiger partial charge in [0.05, 0.1) is 6.61 Å². The Morgan fingerprint density at radius 2 is 1.90 bits per heavy atom. The van der Waals surface area contributed by atoms with E-state index < -0.39 is 11.7 Å². The van der Waals surface area contributed by atoms with Crippen LogP contribution in [-0.4, -0.2) is 24.8 Å². The van der Waals surface area contributed by atoms with Crippen molar-refractivity contribution in [1.82, 2.24) is 0 Å². The van der Waals surface area contributed by atoms with E-state index in [2.05, 4.69) is 10.1 Å². The summed E-state index contributed by atoms with van der Waals surface area (Å²) in [5.74, 6) is 0. The lowest BCUT2D eigenvalue weighted by Gasteiger charge is -2.19. The summed E-state index contributed by atoms with van der Waals surface area (Å²) in [4.78, 5) is 21.4. The minimum Gasteiger partial charge on any atom is -0.457 e. The number of benzene rings is 1. The molecule has 0 spiro atoms. The van der Waals surface area contributed by atoms with Crippen LogP contribution in [0.2, 0.25) is 0 Å². The third kappa shape index (κ3) is 6.78. The highest BCUT2D eigenvalue weighted by Gasteiger charge is 2.15. The van der Waals surface area contributed by atoms with Crippen molar-refractivity contribution in [3.63, 3.8) is 0 Å². The van der Waals surface area contributed by atoms with Crippen molar-refractivity contribution >= 4 is 18.3 Å². The number of carbonyl (C=O) groups excluding carboxylic acids is 2. The zero-order chi connectivity index (χ0) is 15.0. The Labute approximate surface area is 119 Å². The summed E-state index contributed by atoms with van der Waals surface area (Å²) in [6, 6.07) is 7.45. The quantitative estimate of drug-likeness (QED) is 0.812. The Balaban J connectivity index is 2.42. The van der Waals surface area contributed by atoms with E-state index in [1.807, 2.05) is 45.0 Å². The van der Waals surface area contributed by atoms with Gasteiger partial charge >= 0.3 is 12.6 Å². The minimum atomic E-state index is -0.514. The number of hydrogen-bond donors (Lipinski definition) is 1. The van der Waals surface area contributed by atoms with E-state index in [0.717, 1.165) is 18.4 Å². The maximum atomic E-state index is 11.6. The summed E-state index contributed by atoms with van der Waals surface area (Å²) in [6.45, 7) is 7.20. The molecule has 1 amide bonds. The second-order valence-corrected chi connectivity index (χ2v) is 5.36. The summed E-state index contributed by atoms with van der Waals surface area (Å²) in [5, 5.41) is 2.66. The maximum absolute atomic E-state index is 11.6. The molecule has 0 bridgehead atoms. The van der Waals surface area contributed by atoms with Gasteiger partial charge in [0.25, 0.3) is 0 Å². The Morgan fingerprint density at radius 3 is 2.45 bits per heavy atom. The molecule has 0 aliphatic rings. The molecule has 0 heterocycles. The SMILES string of the molecule is CC(C)(C)OC(=O)Nc1ccc(CCCO[C]=O)cc1. The van der Waals surface area contributed by atoms with Gasteiger partial charge in [-0.15, -0.1) is 0 Å². The van der Waals surface area contributed by atoms with Gasteiger partial charge in [0.1, 0.15) is 5.60 Å². The highest BCUT2D eigenvalue weighted by molar-refractivity contribution is 5.84. The fourth-order valence-electron chi connectivity index (χ4n) is 1.57. The molecule has 0 aliphatic carbocycles. The van der Waals surface area contributed by atoms with Crippen LogP contribution >= 0.6 is 0 Å². The second kappa shape index (κ2) is 7.53. The summed E-state index contributed by atoms with van der Waals surface area (Å²) < 4.78 is 9.66. The van der Waals surface area contributed by atoms with E-state index in [9.17, 15) is 9.59 Å². The molecule has 1 aromatic carbocycles. The van der Waals surface area contributed by atoms with Crippen molar-refractivity contribution in [2.45, 2.75) is 39.2 Å². The van der Waals surface area contributed by atoms with Gasteiger partial charge in [-0.2, -0.15) is 0 Å². The van der Waals surface area contributed by atoms with Crippen molar-refractivity contribution in [1.29, 1.82) is 0 Å². The third-order valence-corrected chi connectivity index (χ3v) is 2.37. The van der Waals surface area contributed by atoms with Gasteiger partial charge in [-0.25, -0.2) is 9.59 Å². The molecule has 5 nitrogen and oxygen atoms in total. The lowest BCUT2D eigenvalue weighted by Crippen LogP contribution is -2.27. The molecule has 0 saturated carbocycles. The van der Waals surface area contributed by atoms with Gasteiger partial charge in [-0.3, -0.25) is 5.32 Å². The molecule has 20 heavy (non-hydrogen) atoms. The lowest BCUT2D eigenvalue weighted by atomic mass is 10.1. The van der Waals surface area contributed by atoms with Crippen molar-refractivity contribution in [3.05, 3.63) is 29.8 Å². The number of carbonyl (C=O) groups is 1. The van der Waals surface area contributed by atoms with Gasteiger partial charge in [0.2, 0.25) is 0 Å². The van der Waals surface area contributed by atoms with Crippen molar-refractivity contribution in [2.75, 3.05) is 11.9 Å². The molecule has 1 radical (unpaired) electrons. The first-order valence-corrected chi connectivity index (χ1v) is 6.48. The van der Waals surface area contributed by atoms with E-state index in [4.69, 9.17) is 4.74 Å². The first kappa shape index (κ1) is 16.0. The molecular weight excluding hydrogens is 258 g/mol. The van der Waals surface area contributed by atoms with Gasteiger partial charge < -0.3 is 9.47 Å². The smallest absolute Gasteiger partial charge is 0.417 e.